The molecule has 0 fully saturated rings. The molecule has 0 saturated heterocycles. The van der Waals surface area contributed by atoms with Crippen LogP contribution in [0.5, 0.6) is 5.75 Å². The molecule has 1 aromatic carbocycles. The monoisotopic (exact) mass is 407 g/mol. The number of rotatable bonds is 7. The first-order chi connectivity index (χ1) is 13.2. The molecule has 0 heterocycles. The molecule has 0 spiro atoms. The second-order valence-corrected chi connectivity index (χ2v) is 9.68. The van der Waals surface area contributed by atoms with Crippen molar-refractivity contribution in [1.29, 1.82) is 0 Å². The lowest BCUT2D eigenvalue weighted by Gasteiger charge is -2.29. The number of benzene rings is 1. The highest BCUT2D eigenvalue weighted by Gasteiger charge is 2.31. The van der Waals surface area contributed by atoms with Crippen LogP contribution in [0.2, 0.25) is 0 Å². The van der Waals surface area contributed by atoms with E-state index in [1.807, 2.05) is 54.5 Å². The third kappa shape index (κ3) is 9.68. The van der Waals surface area contributed by atoms with Gasteiger partial charge in [0.1, 0.15) is 17.0 Å². The van der Waals surface area contributed by atoms with Crippen LogP contribution in [0.25, 0.3) is 0 Å². The second kappa shape index (κ2) is 9.99. The van der Waals surface area contributed by atoms with Crippen LogP contribution in [-0.2, 0) is 20.7 Å². The van der Waals surface area contributed by atoms with Crippen LogP contribution in [0.15, 0.2) is 24.3 Å². The van der Waals surface area contributed by atoms with Crippen molar-refractivity contribution in [3.63, 3.8) is 0 Å². The molecule has 0 aliphatic heterocycles. The molecule has 0 aliphatic rings. The number of carbonyl (C=O) groups excluding carboxylic acids is 2. The van der Waals surface area contributed by atoms with E-state index in [2.05, 4.69) is 0 Å². The molecule has 1 aromatic rings. The SMILES string of the molecule is C[C@H](CCN(C)C(=O)OC(C)(C)C)[C@H](Cc1cccc(O)c1)C(=O)OC(C)(C)C. The average molecular weight is 408 g/mol. The maximum absolute atomic E-state index is 12.9. The van der Waals surface area contributed by atoms with Gasteiger partial charge in [-0.3, -0.25) is 4.79 Å². The van der Waals surface area contributed by atoms with E-state index in [1.54, 1.807) is 25.2 Å². The molecule has 29 heavy (non-hydrogen) atoms. The molecule has 0 radical (unpaired) electrons. The quantitative estimate of drug-likeness (QED) is 0.658. The minimum Gasteiger partial charge on any atom is -0.508 e. The van der Waals surface area contributed by atoms with Gasteiger partial charge in [-0.1, -0.05) is 19.1 Å². The molecule has 6 heteroatoms. The van der Waals surface area contributed by atoms with Gasteiger partial charge in [0, 0.05) is 13.6 Å². The molecule has 164 valence electrons. The zero-order chi connectivity index (χ0) is 22.4. The van der Waals surface area contributed by atoms with Crippen LogP contribution in [0.3, 0.4) is 0 Å². The molecule has 2 atom stereocenters. The number of esters is 1. The molecule has 1 N–H and O–H groups in total. The second-order valence-electron chi connectivity index (χ2n) is 9.68. The fourth-order valence-electron chi connectivity index (χ4n) is 2.86. The average Bonchev–Trinajstić information content (AvgIpc) is 2.54. The normalized spacial score (nSPS) is 14.1. The van der Waals surface area contributed by atoms with Gasteiger partial charge < -0.3 is 19.5 Å². The van der Waals surface area contributed by atoms with Crippen molar-refractivity contribution < 1.29 is 24.2 Å². The molecule has 6 nitrogen and oxygen atoms in total. The first kappa shape index (κ1) is 24.8. The van der Waals surface area contributed by atoms with Crippen molar-refractivity contribution >= 4 is 12.1 Å². The van der Waals surface area contributed by atoms with Crippen LogP contribution in [0.1, 0.15) is 60.5 Å². The molecular weight excluding hydrogens is 370 g/mol. The Morgan fingerprint density at radius 2 is 1.66 bits per heavy atom. The summed E-state index contributed by atoms with van der Waals surface area (Å²) < 4.78 is 11.0. The lowest BCUT2D eigenvalue weighted by Crippen LogP contribution is -2.37. The van der Waals surface area contributed by atoms with E-state index in [0.29, 0.717) is 19.4 Å². The van der Waals surface area contributed by atoms with Crippen LogP contribution < -0.4 is 0 Å². The van der Waals surface area contributed by atoms with Crippen molar-refractivity contribution in [2.75, 3.05) is 13.6 Å². The van der Waals surface area contributed by atoms with E-state index in [9.17, 15) is 14.7 Å². The highest BCUT2D eigenvalue weighted by atomic mass is 16.6. The van der Waals surface area contributed by atoms with Gasteiger partial charge in [0.25, 0.3) is 0 Å². The molecule has 0 aromatic heterocycles. The summed E-state index contributed by atoms with van der Waals surface area (Å²) >= 11 is 0. The summed E-state index contributed by atoms with van der Waals surface area (Å²) in [4.78, 5) is 26.6. The third-order valence-electron chi connectivity index (χ3n) is 4.39. The van der Waals surface area contributed by atoms with Gasteiger partial charge >= 0.3 is 12.1 Å². The Morgan fingerprint density at radius 3 is 2.17 bits per heavy atom. The highest BCUT2D eigenvalue weighted by molar-refractivity contribution is 5.73. The van der Waals surface area contributed by atoms with Gasteiger partial charge in [0.2, 0.25) is 0 Å². The van der Waals surface area contributed by atoms with E-state index >= 15 is 0 Å². The van der Waals surface area contributed by atoms with Crippen molar-refractivity contribution in [3.05, 3.63) is 29.8 Å². The first-order valence-electron chi connectivity index (χ1n) is 10.1. The Kier molecular flexibility index (Phi) is 8.54. The maximum Gasteiger partial charge on any atom is 0.410 e. The summed E-state index contributed by atoms with van der Waals surface area (Å²) in [6, 6.07) is 6.91. The summed E-state index contributed by atoms with van der Waals surface area (Å²) in [6.45, 7) is 13.5. The number of hydrogen-bond acceptors (Lipinski definition) is 5. The fraction of sp³-hybridized carbons (Fsp3) is 0.652. The zero-order valence-electron chi connectivity index (χ0n) is 19.1. The Balaban J connectivity index is 2.85. The predicted molar refractivity (Wildman–Crippen MR) is 114 cm³/mol. The molecule has 0 bridgehead atoms. The molecule has 0 saturated carbocycles. The van der Waals surface area contributed by atoms with Crippen LogP contribution >= 0.6 is 0 Å². The van der Waals surface area contributed by atoms with Gasteiger partial charge in [0.05, 0.1) is 5.92 Å². The molecule has 0 unspecified atom stereocenters. The van der Waals surface area contributed by atoms with Crippen molar-refractivity contribution in [3.8, 4) is 5.75 Å². The van der Waals surface area contributed by atoms with Gasteiger partial charge in [0.15, 0.2) is 0 Å². The van der Waals surface area contributed by atoms with E-state index in [1.165, 1.54) is 4.90 Å². The Morgan fingerprint density at radius 1 is 1.07 bits per heavy atom. The minimum atomic E-state index is -0.582. The topological polar surface area (TPSA) is 76.1 Å². The van der Waals surface area contributed by atoms with E-state index in [0.717, 1.165) is 5.56 Å². The van der Waals surface area contributed by atoms with Crippen LogP contribution in [0.4, 0.5) is 4.79 Å². The number of carbonyl (C=O) groups is 2. The Labute approximate surface area is 175 Å². The van der Waals surface area contributed by atoms with Crippen molar-refractivity contribution in [2.24, 2.45) is 11.8 Å². The molecular formula is C23H37NO5. The maximum atomic E-state index is 12.9. The number of aromatic hydroxyl groups is 1. The number of nitrogens with zero attached hydrogens (tertiary/aromatic N) is 1. The molecule has 1 amide bonds. The van der Waals surface area contributed by atoms with Crippen molar-refractivity contribution in [1.82, 2.24) is 4.90 Å². The van der Waals surface area contributed by atoms with Gasteiger partial charge in [-0.05, 0) is 78.0 Å². The van der Waals surface area contributed by atoms with Crippen LogP contribution in [-0.4, -0.2) is 46.9 Å². The summed E-state index contributed by atoms with van der Waals surface area (Å²) in [5, 5.41) is 9.75. The number of phenolic OH excluding ortho intramolecular Hbond substituents is 1. The van der Waals surface area contributed by atoms with Gasteiger partial charge in [-0.15, -0.1) is 0 Å². The Hall–Kier alpha value is -2.24. The van der Waals surface area contributed by atoms with Gasteiger partial charge in [-0.25, -0.2) is 4.79 Å². The summed E-state index contributed by atoms with van der Waals surface area (Å²) in [5.41, 5.74) is -0.264. The molecule has 0 aliphatic carbocycles. The number of hydrogen-bond donors (Lipinski definition) is 1. The standard InChI is InChI=1S/C23H37NO5/c1-16(12-13-24(8)21(27)29-23(5,6)7)19(20(26)28-22(2,3)4)15-17-10-9-11-18(25)14-17/h9-11,14,16,19,25H,12-13,15H2,1-8H3/t16-,19+/m1/s1. The van der Waals surface area contributed by atoms with Crippen LogP contribution in [0, 0.1) is 11.8 Å². The first-order valence-corrected chi connectivity index (χ1v) is 10.1. The summed E-state index contributed by atoms with van der Waals surface area (Å²) in [5.74, 6) is -0.517. The minimum absolute atomic E-state index is 0.0305. The third-order valence-corrected chi connectivity index (χ3v) is 4.39. The van der Waals surface area contributed by atoms with Crippen molar-refractivity contribution in [2.45, 2.75) is 72.5 Å². The molecule has 1 rings (SSSR count). The van der Waals surface area contributed by atoms with E-state index in [4.69, 9.17) is 9.47 Å². The lowest BCUT2D eigenvalue weighted by molar-refractivity contribution is -0.162. The van der Waals surface area contributed by atoms with Gasteiger partial charge in [-0.2, -0.15) is 0 Å². The van der Waals surface area contributed by atoms with E-state index in [-0.39, 0.29) is 29.6 Å². The lowest BCUT2D eigenvalue weighted by atomic mass is 9.85. The van der Waals surface area contributed by atoms with E-state index < -0.39 is 11.2 Å². The fourth-order valence-corrected chi connectivity index (χ4v) is 2.86. The zero-order valence-corrected chi connectivity index (χ0v) is 19.1. The largest absolute Gasteiger partial charge is 0.508 e. The number of amides is 1. The smallest absolute Gasteiger partial charge is 0.410 e. The Bertz CT molecular complexity index is 687. The summed E-state index contributed by atoms with van der Waals surface area (Å²) in [6.07, 6.45) is 0.700. The predicted octanol–water partition coefficient (Wildman–Crippen LogP) is 4.79. The highest BCUT2D eigenvalue weighted by Crippen LogP contribution is 2.26. The number of phenols is 1. The summed E-state index contributed by atoms with van der Waals surface area (Å²) in [7, 11) is 1.69. The number of ether oxygens (including phenoxy) is 2.